The molecule has 0 saturated carbocycles. The first-order valence-corrected chi connectivity index (χ1v) is 18.6. The molecule has 1 unspecified atom stereocenters. The van der Waals surface area contributed by atoms with E-state index < -0.39 is 17.7 Å². The van der Waals surface area contributed by atoms with Crippen LogP contribution in [0.25, 0.3) is 11.4 Å². The molecule has 0 fully saturated rings. The summed E-state index contributed by atoms with van der Waals surface area (Å²) in [4.78, 5) is 61.8. The molecule has 1 heterocycles. The van der Waals surface area contributed by atoms with E-state index in [1.54, 1.807) is 76.2 Å². The fourth-order valence-corrected chi connectivity index (χ4v) is 5.16. The van der Waals surface area contributed by atoms with Gasteiger partial charge in [0.2, 0.25) is 29.5 Å². The molecule has 3 aromatic carbocycles. The van der Waals surface area contributed by atoms with Gasteiger partial charge in [-0.3, -0.25) is 19.2 Å². The van der Waals surface area contributed by atoms with Crippen molar-refractivity contribution in [3.63, 3.8) is 0 Å². The minimum atomic E-state index is -0.854. The molecule has 57 heavy (non-hydrogen) atoms. The normalized spacial score (nSPS) is 11.7. The van der Waals surface area contributed by atoms with Crippen molar-refractivity contribution in [2.24, 2.45) is 10.2 Å². The summed E-state index contributed by atoms with van der Waals surface area (Å²) < 4.78 is 5.37. The van der Waals surface area contributed by atoms with Gasteiger partial charge in [-0.25, -0.2) is 4.79 Å². The van der Waals surface area contributed by atoms with Crippen molar-refractivity contribution in [1.29, 1.82) is 0 Å². The number of alkyl carbamates (subject to hydrolysis) is 1. The summed E-state index contributed by atoms with van der Waals surface area (Å²) in [5.41, 5.74) is 3.30. The Hall–Kier alpha value is -6.65. The molecule has 4 rings (SSSR count). The lowest BCUT2D eigenvalue weighted by Crippen LogP contribution is -2.48. The molecule has 0 aliphatic rings. The van der Waals surface area contributed by atoms with Crippen LogP contribution in [-0.4, -0.2) is 68.3 Å². The van der Waals surface area contributed by atoms with E-state index in [9.17, 15) is 24.0 Å². The average Bonchev–Trinajstić information content (AvgIpc) is 3.16. The number of ether oxygens (including phenoxy) is 1. The third-order valence-corrected chi connectivity index (χ3v) is 7.93. The summed E-state index contributed by atoms with van der Waals surface area (Å²) in [5, 5.41) is 38.2. The molecular weight excluding hydrogens is 731 g/mol. The van der Waals surface area contributed by atoms with Crippen molar-refractivity contribution in [3.05, 3.63) is 84.2 Å². The number of nitrogens with one attached hydrogen (secondary N) is 5. The first-order chi connectivity index (χ1) is 27.2. The predicted octanol–water partition coefficient (Wildman–Crippen LogP) is 6.22. The molecule has 5 amide bonds. The van der Waals surface area contributed by atoms with Crippen LogP contribution in [0.4, 0.5) is 27.5 Å². The highest BCUT2D eigenvalue weighted by atomic mass is 16.6. The van der Waals surface area contributed by atoms with Crippen LogP contribution < -0.4 is 26.6 Å². The number of aromatic nitrogens is 4. The van der Waals surface area contributed by atoms with Crippen LogP contribution >= 0.6 is 0 Å². The number of rotatable bonds is 18. The van der Waals surface area contributed by atoms with Crippen LogP contribution in [0.2, 0.25) is 0 Å². The molecule has 1 aromatic heterocycles. The van der Waals surface area contributed by atoms with Crippen molar-refractivity contribution >= 4 is 52.5 Å². The van der Waals surface area contributed by atoms with E-state index in [4.69, 9.17) is 4.74 Å². The quantitative estimate of drug-likeness (QED) is 0.0565. The van der Waals surface area contributed by atoms with Gasteiger partial charge in [-0.05, 0) is 107 Å². The highest BCUT2D eigenvalue weighted by molar-refractivity contribution is 5.91. The van der Waals surface area contributed by atoms with Crippen LogP contribution in [0.15, 0.2) is 83.0 Å². The van der Waals surface area contributed by atoms with E-state index in [1.165, 1.54) is 6.92 Å². The topological polar surface area (TPSA) is 231 Å². The summed E-state index contributed by atoms with van der Waals surface area (Å²) in [6.07, 6.45) is 1.43. The van der Waals surface area contributed by atoms with E-state index in [-0.39, 0.29) is 43.0 Å². The lowest BCUT2D eigenvalue weighted by molar-refractivity contribution is -0.124. The van der Waals surface area contributed by atoms with Crippen LogP contribution in [0.5, 0.6) is 0 Å². The first kappa shape index (κ1) is 43.1. The zero-order chi connectivity index (χ0) is 41.2. The molecule has 17 heteroatoms. The predicted molar refractivity (Wildman–Crippen MR) is 214 cm³/mol. The molecule has 1 atom stereocenters. The summed E-state index contributed by atoms with van der Waals surface area (Å²) in [5.74, 6) is -0.0650. The SMILES string of the molecule is CC(=O)Nc1ccc(N=Nc2ccc(NC(=O)CCCC(=O)NCCCCC(NC(=O)OC(C)(C)C)C(=O)NCc3ccc(-c4nnc(C)nn4)cc3)cc2)cc1. The maximum absolute atomic E-state index is 13.2. The van der Waals surface area contributed by atoms with Crippen molar-refractivity contribution in [1.82, 2.24) is 36.3 Å². The highest BCUT2D eigenvalue weighted by Crippen LogP contribution is 2.22. The largest absolute Gasteiger partial charge is 0.444 e. The molecular formula is C40H49N11O6. The number of benzene rings is 3. The number of amides is 5. The fraction of sp³-hybridized carbons (Fsp3) is 0.375. The molecule has 300 valence electrons. The number of nitrogens with zero attached hydrogens (tertiary/aromatic N) is 6. The van der Waals surface area contributed by atoms with Gasteiger partial charge >= 0.3 is 6.09 Å². The number of hydrogen-bond acceptors (Lipinski definition) is 12. The number of aryl methyl sites for hydroxylation is 1. The Balaban J connectivity index is 1.14. The summed E-state index contributed by atoms with van der Waals surface area (Å²) in [6.45, 7) is 8.96. The second-order valence-corrected chi connectivity index (χ2v) is 14.1. The van der Waals surface area contributed by atoms with Gasteiger partial charge in [-0.2, -0.15) is 10.2 Å². The third-order valence-electron chi connectivity index (χ3n) is 7.93. The van der Waals surface area contributed by atoms with Crippen LogP contribution in [0.3, 0.4) is 0 Å². The van der Waals surface area contributed by atoms with E-state index in [2.05, 4.69) is 57.2 Å². The summed E-state index contributed by atoms with van der Waals surface area (Å²) in [7, 11) is 0. The minimum Gasteiger partial charge on any atom is -0.444 e. The molecule has 0 spiro atoms. The lowest BCUT2D eigenvalue weighted by Gasteiger charge is -2.23. The number of carbonyl (C=O) groups excluding carboxylic acids is 5. The van der Waals surface area contributed by atoms with Gasteiger partial charge in [-0.1, -0.05) is 24.3 Å². The molecule has 0 bridgehead atoms. The summed E-state index contributed by atoms with van der Waals surface area (Å²) >= 11 is 0. The van der Waals surface area contributed by atoms with Gasteiger partial charge in [-0.15, -0.1) is 20.4 Å². The van der Waals surface area contributed by atoms with Crippen LogP contribution in [0, 0.1) is 6.92 Å². The Morgan fingerprint density at radius 1 is 0.702 bits per heavy atom. The molecule has 0 aliphatic heterocycles. The van der Waals surface area contributed by atoms with Crippen molar-refractivity contribution in [2.45, 2.75) is 91.3 Å². The van der Waals surface area contributed by atoms with Crippen molar-refractivity contribution in [3.8, 4) is 11.4 Å². The average molecular weight is 780 g/mol. The monoisotopic (exact) mass is 779 g/mol. The van der Waals surface area contributed by atoms with Crippen molar-refractivity contribution in [2.75, 3.05) is 17.2 Å². The molecule has 17 nitrogen and oxygen atoms in total. The second kappa shape index (κ2) is 21.4. The Kier molecular flexibility index (Phi) is 16.2. The standard InChI is InChI=1S/C40H49N11O6/c1-26-46-50-37(51-47-26)29-14-12-28(13-15-29)25-42-38(55)34(45-39(56)57-40(3,4)5)9-6-7-24-41-35(53)10-8-11-36(54)44-31-18-22-33(23-19-31)49-48-32-20-16-30(17-21-32)43-27(2)52/h12-23,34H,6-11,24-25H2,1-5H3,(H,41,53)(H,42,55)(H,43,52)(H,44,54)(H,45,56). The zero-order valence-electron chi connectivity index (χ0n) is 32.8. The molecule has 4 aromatic rings. The van der Waals surface area contributed by atoms with E-state index in [0.717, 1.165) is 11.1 Å². The fourth-order valence-electron chi connectivity index (χ4n) is 5.16. The number of anilines is 2. The molecule has 0 aliphatic carbocycles. The van der Waals surface area contributed by atoms with E-state index in [1.807, 2.05) is 24.3 Å². The lowest BCUT2D eigenvalue weighted by atomic mass is 10.1. The third kappa shape index (κ3) is 16.3. The number of hydrogen-bond donors (Lipinski definition) is 5. The van der Waals surface area contributed by atoms with Crippen molar-refractivity contribution < 1.29 is 28.7 Å². The van der Waals surface area contributed by atoms with Gasteiger partial charge in [0.1, 0.15) is 11.6 Å². The minimum absolute atomic E-state index is 0.156. The number of carbonyl (C=O) groups is 5. The Labute approximate surface area is 331 Å². The highest BCUT2D eigenvalue weighted by Gasteiger charge is 2.24. The number of azo groups is 1. The first-order valence-electron chi connectivity index (χ1n) is 18.6. The molecule has 0 saturated heterocycles. The van der Waals surface area contributed by atoms with Gasteiger partial charge in [0.25, 0.3) is 0 Å². The van der Waals surface area contributed by atoms with Gasteiger partial charge in [0, 0.05) is 49.8 Å². The summed E-state index contributed by atoms with van der Waals surface area (Å²) in [6, 6.07) is 20.3. The van der Waals surface area contributed by atoms with E-state index >= 15 is 0 Å². The van der Waals surface area contributed by atoms with Crippen LogP contribution in [-0.2, 0) is 30.5 Å². The smallest absolute Gasteiger partial charge is 0.408 e. The zero-order valence-corrected chi connectivity index (χ0v) is 32.8. The Morgan fingerprint density at radius 3 is 1.86 bits per heavy atom. The van der Waals surface area contributed by atoms with E-state index in [0.29, 0.717) is 66.6 Å². The second-order valence-electron chi connectivity index (χ2n) is 14.1. The maximum atomic E-state index is 13.2. The molecule has 5 N–H and O–H groups in total. The molecule has 0 radical (unpaired) electrons. The van der Waals surface area contributed by atoms with Gasteiger partial charge in [0.05, 0.1) is 11.4 Å². The Morgan fingerprint density at radius 2 is 1.28 bits per heavy atom. The van der Waals surface area contributed by atoms with Crippen LogP contribution in [0.1, 0.15) is 77.6 Å². The maximum Gasteiger partial charge on any atom is 0.408 e. The van der Waals surface area contributed by atoms with Gasteiger partial charge in [0.15, 0.2) is 5.82 Å². The number of unbranched alkanes of at least 4 members (excludes halogenated alkanes) is 1. The Bertz CT molecular complexity index is 1980. The van der Waals surface area contributed by atoms with Gasteiger partial charge < -0.3 is 31.3 Å².